The fourth-order valence-corrected chi connectivity index (χ4v) is 4.32. The van der Waals surface area contributed by atoms with Gasteiger partial charge in [-0.2, -0.15) is 8.42 Å². The fourth-order valence-electron chi connectivity index (χ4n) is 2.24. The number of hydrogen-bond donors (Lipinski definition) is 1. The van der Waals surface area contributed by atoms with Crippen LogP contribution in [0.15, 0.2) is 67.1 Å². The van der Waals surface area contributed by atoms with Crippen LogP contribution in [-0.2, 0) is 20.1 Å². The molecule has 0 aliphatic rings. The summed E-state index contributed by atoms with van der Waals surface area (Å²) < 4.78 is 60.4. The van der Waals surface area contributed by atoms with Crippen molar-refractivity contribution in [2.45, 2.75) is 4.90 Å². The Labute approximate surface area is 163 Å². The first-order valence-electron chi connectivity index (χ1n) is 7.30. The molecule has 1 aromatic heterocycles. The maximum Gasteiger partial charge on any atom is 0.360 e. The van der Waals surface area contributed by atoms with E-state index in [9.17, 15) is 21.6 Å². The second-order valence-corrected chi connectivity index (χ2v) is 9.70. The Morgan fingerprint density at radius 1 is 1.04 bits per heavy atom. The van der Waals surface area contributed by atoms with Crippen LogP contribution in [-0.4, -0.2) is 23.1 Å². The Bertz CT molecular complexity index is 1300. The lowest BCUT2D eigenvalue weighted by atomic mass is 10.2. The van der Waals surface area contributed by atoms with Crippen molar-refractivity contribution in [3.8, 4) is 5.75 Å². The Kier molecular flexibility index (Phi) is 5.02. The van der Waals surface area contributed by atoms with Gasteiger partial charge in [0.1, 0.15) is 10.6 Å². The third kappa shape index (κ3) is 4.49. The van der Waals surface area contributed by atoms with E-state index in [4.69, 9.17) is 8.60 Å². The molecule has 0 radical (unpaired) electrons. The molecule has 8 nitrogen and oxygen atoms in total. The van der Waals surface area contributed by atoms with Crippen molar-refractivity contribution in [2.75, 3.05) is 11.0 Å². The number of hydrogen-bond acceptors (Lipinski definition) is 7. The minimum Gasteiger partial charge on any atom is -0.417 e. The number of para-hydroxylation sites is 1. The van der Waals surface area contributed by atoms with Crippen molar-refractivity contribution >= 4 is 52.7 Å². The van der Waals surface area contributed by atoms with E-state index in [1.807, 2.05) is 4.72 Å². The van der Waals surface area contributed by atoms with E-state index in [1.54, 1.807) is 6.07 Å². The molecule has 142 valence electrons. The number of anilines is 1. The van der Waals surface area contributed by atoms with Gasteiger partial charge in [0, 0.05) is 9.86 Å². The highest BCUT2D eigenvalue weighted by molar-refractivity contribution is 9.10. The first kappa shape index (κ1) is 19.4. The summed E-state index contributed by atoms with van der Waals surface area (Å²) in [5, 5.41) is 0.280. The summed E-state index contributed by atoms with van der Waals surface area (Å²) in [5.41, 5.74) is -1.40. The quantitative estimate of drug-likeness (QED) is 0.446. The summed E-state index contributed by atoms with van der Waals surface area (Å²) in [4.78, 5) is 11.9. The van der Waals surface area contributed by atoms with E-state index in [0.29, 0.717) is 4.47 Å². The van der Waals surface area contributed by atoms with Crippen molar-refractivity contribution < 1.29 is 25.4 Å². The van der Waals surface area contributed by atoms with Crippen LogP contribution in [0.4, 0.5) is 5.69 Å². The Morgan fingerprint density at radius 2 is 1.74 bits per heavy atom. The van der Waals surface area contributed by atoms with E-state index >= 15 is 0 Å². The Hall–Kier alpha value is -2.37. The number of sulfonamides is 1. The van der Waals surface area contributed by atoms with Crippen LogP contribution in [0.25, 0.3) is 11.0 Å². The molecule has 0 spiro atoms. The summed E-state index contributed by atoms with van der Waals surface area (Å²) in [6.07, 6.45) is 0.890. The van der Waals surface area contributed by atoms with Crippen LogP contribution in [0.5, 0.6) is 5.75 Å². The van der Waals surface area contributed by atoms with Crippen molar-refractivity contribution in [1.29, 1.82) is 0 Å². The predicted octanol–water partition coefficient (Wildman–Crippen LogP) is 2.69. The molecule has 3 aromatic rings. The normalized spacial score (nSPS) is 12.1. The SMILES string of the molecule is CS(=O)(=O)Nc1cc2cccc(OS(=O)(=O)c3cccc(Br)c3)c2oc1=O. The lowest BCUT2D eigenvalue weighted by molar-refractivity contribution is 0.475. The van der Waals surface area contributed by atoms with Gasteiger partial charge in [-0.3, -0.25) is 4.72 Å². The largest absolute Gasteiger partial charge is 0.417 e. The molecule has 0 aliphatic carbocycles. The number of fused-ring (bicyclic) bond motifs is 1. The second-order valence-electron chi connectivity index (χ2n) is 5.49. The van der Waals surface area contributed by atoms with E-state index in [1.165, 1.54) is 42.5 Å². The van der Waals surface area contributed by atoms with Crippen molar-refractivity contribution in [3.05, 3.63) is 63.4 Å². The van der Waals surface area contributed by atoms with Crippen molar-refractivity contribution in [1.82, 2.24) is 0 Å². The highest BCUT2D eigenvalue weighted by Gasteiger charge is 2.20. The van der Waals surface area contributed by atoms with E-state index in [2.05, 4.69) is 15.9 Å². The smallest absolute Gasteiger partial charge is 0.360 e. The monoisotopic (exact) mass is 473 g/mol. The molecule has 0 saturated carbocycles. The fraction of sp³-hybridized carbons (Fsp3) is 0.0625. The maximum atomic E-state index is 12.5. The molecule has 0 aliphatic heterocycles. The first-order chi connectivity index (χ1) is 12.5. The predicted molar refractivity (Wildman–Crippen MR) is 103 cm³/mol. The average Bonchev–Trinajstić information content (AvgIpc) is 2.55. The van der Waals surface area contributed by atoms with Gasteiger partial charge in [-0.1, -0.05) is 34.1 Å². The molecule has 3 rings (SSSR count). The Morgan fingerprint density at radius 3 is 2.41 bits per heavy atom. The summed E-state index contributed by atoms with van der Waals surface area (Å²) in [6.45, 7) is 0. The van der Waals surface area contributed by atoms with Gasteiger partial charge in [0.15, 0.2) is 11.3 Å². The molecule has 27 heavy (non-hydrogen) atoms. The second kappa shape index (κ2) is 6.98. The van der Waals surface area contributed by atoms with E-state index in [-0.39, 0.29) is 27.3 Å². The standard InChI is InChI=1S/C16H12BrNO7S2/c1-26(20,21)18-13-8-10-4-2-7-14(15(10)24-16(13)19)25-27(22,23)12-6-3-5-11(17)9-12/h2-9,18H,1H3. The maximum absolute atomic E-state index is 12.5. The summed E-state index contributed by atoms with van der Waals surface area (Å²) in [7, 11) is -7.87. The van der Waals surface area contributed by atoms with Gasteiger partial charge in [0.2, 0.25) is 10.0 Å². The van der Waals surface area contributed by atoms with Gasteiger partial charge < -0.3 is 8.60 Å². The van der Waals surface area contributed by atoms with Gasteiger partial charge in [-0.05, 0) is 30.3 Å². The highest BCUT2D eigenvalue weighted by atomic mass is 79.9. The van der Waals surface area contributed by atoms with Crippen LogP contribution >= 0.6 is 15.9 Å². The third-order valence-electron chi connectivity index (χ3n) is 3.30. The molecule has 0 unspecified atom stereocenters. The Balaban J connectivity index is 2.08. The molecular formula is C16H12BrNO7S2. The minimum absolute atomic E-state index is 0.0911. The van der Waals surface area contributed by atoms with Crippen LogP contribution in [0, 0.1) is 0 Å². The lowest BCUT2D eigenvalue weighted by Gasteiger charge is -2.10. The molecule has 0 saturated heterocycles. The highest BCUT2D eigenvalue weighted by Crippen LogP contribution is 2.29. The van der Waals surface area contributed by atoms with E-state index in [0.717, 1.165) is 6.26 Å². The molecular weight excluding hydrogens is 462 g/mol. The zero-order valence-corrected chi connectivity index (χ0v) is 16.9. The summed E-state index contributed by atoms with van der Waals surface area (Å²) in [6, 6.07) is 11.5. The molecule has 0 atom stereocenters. The van der Waals surface area contributed by atoms with Gasteiger partial charge >= 0.3 is 15.7 Å². The average molecular weight is 474 g/mol. The van der Waals surface area contributed by atoms with Gasteiger partial charge in [0.05, 0.1) is 6.26 Å². The number of halogens is 1. The first-order valence-corrected chi connectivity index (χ1v) is 11.4. The summed E-state index contributed by atoms with van der Waals surface area (Å²) >= 11 is 3.19. The molecule has 0 fully saturated rings. The molecule has 1 N–H and O–H groups in total. The molecule has 1 heterocycles. The van der Waals surface area contributed by atoms with Gasteiger partial charge in [-0.25, -0.2) is 13.2 Å². The lowest BCUT2D eigenvalue weighted by Crippen LogP contribution is -2.16. The number of benzene rings is 2. The van der Waals surface area contributed by atoms with Crippen molar-refractivity contribution in [2.24, 2.45) is 0 Å². The third-order valence-corrected chi connectivity index (χ3v) is 5.62. The number of rotatable bonds is 5. The van der Waals surface area contributed by atoms with E-state index < -0.39 is 25.8 Å². The molecule has 11 heteroatoms. The molecule has 2 aromatic carbocycles. The van der Waals surface area contributed by atoms with Gasteiger partial charge in [0.25, 0.3) is 0 Å². The van der Waals surface area contributed by atoms with Crippen LogP contribution in [0.3, 0.4) is 0 Å². The topological polar surface area (TPSA) is 120 Å². The van der Waals surface area contributed by atoms with Crippen molar-refractivity contribution in [3.63, 3.8) is 0 Å². The zero-order valence-electron chi connectivity index (χ0n) is 13.7. The molecule has 0 bridgehead atoms. The summed E-state index contributed by atoms with van der Waals surface area (Å²) in [5.74, 6) is -0.199. The number of nitrogens with one attached hydrogen (secondary N) is 1. The minimum atomic E-state index is -4.18. The zero-order chi connectivity index (χ0) is 19.8. The van der Waals surface area contributed by atoms with Gasteiger partial charge in [-0.15, -0.1) is 0 Å². The van der Waals surface area contributed by atoms with Crippen LogP contribution in [0.2, 0.25) is 0 Å². The van der Waals surface area contributed by atoms with Crippen LogP contribution < -0.4 is 14.5 Å². The van der Waals surface area contributed by atoms with Crippen LogP contribution in [0.1, 0.15) is 0 Å². The molecule has 0 amide bonds.